The number of hydrogen-bond acceptors (Lipinski definition) is 3. The summed E-state index contributed by atoms with van der Waals surface area (Å²) < 4.78 is 11.8. The Hall–Kier alpha value is -0.830. The maximum absolute atomic E-state index is 11.5. The molecule has 4 aliphatic carbocycles. The summed E-state index contributed by atoms with van der Waals surface area (Å²) in [7, 11) is 0. The molecule has 4 rings (SSSR count). The Labute approximate surface area is 121 Å². The van der Waals surface area contributed by atoms with E-state index in [2.05, 4.69) is 6.58 Å². The molecule has 0 aromatic heterocycles. The summed E-state index contributed by atoms with van der Waals surface area (Å²) in [6.45, 7) is 7.56. The number of carbonyl (C=O) groups is 1. The summed E-state index contributed by atoms with van der Waals surface area (Å²) in [5.74, 6) is 2.30. The molecule has 20 heavy (non-hydrogen) atoms. The van der Waals surface area contributed by atoms with E-state index in [1.165, 1.54) is 25.3 Å². The zero-order valence-electron chi connectivity index (χ0n) is 12.6. The van der Waals surface area contributed by atoms with Crippen LogP contribution in [0.5, 0.6) is 0 Å². The molecule has 0 amide bonds. The summed E-state index contributed by atoms with van der Waals surface area (Å²) in [4.78, 5) is 11.5. The summed E-state index contributed by atoms with van der Waals surface area (Å²) >= 11 is 0. The third-order valence-corrected chi connectivity index (χ3v) is 5.29. The fraction of sp³-hybridized carbons (Fsp3) is 0.824. The first-order valence-corrected chi connectivity index (χ1v) is 8.00. The Balaban J connectivity index is 1.71. The van der Waals surface area contributed by atoms with Crippen molar-refractivity contribution in [2.45, 2.75) is 64.3 Å². The second-order valence-electron chi connectivity index (χ2n) is 7.47. The lowest BCUT2D eigenvalue weighted by Gasteiger charge is -2.57. The van der Waals surface area contributed by atoms with Crippen molar-refractivity contribution in [3.63, 3.8) is 0 Å². The van der Waals surface area contributed by atoms with E-state index in [1.54, 1.807) is 0 Å². The quantitative estimate of drug-likeness (QED) is 0.437. The molecule has 0 N–H and O–H groups in total. The highest BCUT2D eigenvalue weighted by molar-refractivity contribution is 5.81. The van der Waals surface area contributed by atoms with Gasteiger partial charge in [-0.25, -0.2) is 4.79 Å². The van der Waals surface area contributed by atoms with Crippen LogP contribution in [0.2, 0.25) is 0 Å². The molecule has 4 fully saturated rings. The summed E-state index contributed by atoms with van der Waals surface area (Å²) in [5.41, 5.74) is -0.0227. The molecule has 0 heterocycles. The van der Waals surface area contributed by atoms with E-state index in [-0.39, 0.29) is 17.5 Å². The van der Waals surface area contributed by atoms with Crippen LogP contribution in [0.3, 0.4) is 0 Å². The van der Waals surface area contributed by atoms with Crippen molar-refractivity contribution in [1.29, 1.82) is 0 Å². The van der Waals surface area contributed by atoms with Crippen molar-refractivity contribution in [3.8, 4) is 0 Å². The van der Waals surface area contributed by atoms with Gasteiger partial charge in [-0.05, 0) is 56.3 Å². The standard InChI is InChI=1S/C17H26O3/c1-4-15(18)19-16(11(2)3)20-17-8-12-5-13(9-17)7-14(6-12)10-17/h4,11-14,16H,1,5-10H2,2-3H3. The normalized spacial score (nSPS) is 39.9. The summed E-state index contributed by atoms with van der Waals surface area (Å²) in [6.07, 6.45) is 8.44. The minimum absolute atomic E-state index is 0.0227. The van der Waals surface area contributed by atoms with Gasteiger partial charge in [-0.15, -0.1) is 0 Å². The van der Waals surface area contributed by atoms with Crippen molar-refractivity contribution in [2.75, 3.05) is 0 Å². The van der Waals surface area contributed by atoms with Crippen molar-refractivity contribution in [1.82, 2.24) is 0 Å². The first kappa shape index (κ1) is 14.1. The van der Waals surface area contributed by atoms with E-state index >= 15 is 0 Å². The van der Waals surface area contributed by atoms with Gasteiger partial charge < -0.3 is 9.47 Å². The highest BCUT2D eigenvalue weighted by Gasteiger charge is 2.53. The monoisotopic (exact) mass is 278 g/mol. The predicted molar refractivity (Wildman–Crippen MR) is 76.9 cm³/mol. The van der Waals surface area contributed by atoms with E-state index < -0.39 is 6.29 Å². The molecule has 0 aliphatic heterocycles. The molecule has 0 aromatic carbocycles. The number of rotatable bonds is 5. The van der Waals surface area contributed by atoms with Crippen LogP contribution in [0.1, 0.15) is 52.4 Å². The number of carbonyl (C=O) groups excluding carboxylic acids is 1. The van der Waals surface area contributed by atoms with Crippen LogP contribution in [0.4, 0.5) is 0 Å². The zero-order valence-corrected chi connectivity index (χ0v) is 12.6. The minimum Gasteiger partial charge on any atom is -0.432 e. The molecule has 4 aliphatic rings. The topological polar surface area (TPSA) is 35.5 Å². The maximum atomic E-state index is 11.5. The highest BCUT2D eigenvalue weighted by atomic mass is 16.7. The molecule has 4 saturated carbocycles. The molecule has 112 valence electrons. The molecular weight excluding hydrogens is 252 g/mol. The van der Waals surface area contributed by atoms with Gasteiger partial charge in [0, 0.05) is 12.0 Å². The Kier molecular flexibility index (Phi) is 3.65. The number of ether oxygens (including phenoxy) is 2. The molecule has 3 nitrogen and oxygen atoms in total. The molecule has 0 aromatic rings. The lowest BCUT2D eigenvalue weighted by atomic mass is 9.54. The minimum atomic E-state index is -0.434. The van der Waals surface area contributed by atoms with Crippen LogP contribution in [0.15, 0.2) is 12.7 Å². The lowest BCUT2D eigenvalue weighted by molar-refractivity contribution is -0.260. The van der Waals surface area contributed by atoms with Crippen LogP contribution in [-0.4, -0.2) is 17.9 Å². The Bertz CT molecular complexity index is 364. The number of hydrogen-bond donors (Lipinski definition) is 0. The third kappa shape index (κ3) is 2.65. The van der Waals surface area contributed by atoms with Crippen LogP contribution in [0, 0.1) is 23.7 Å². The third-order valence-electron chi connectivity index (χ3n) is 5.29. The first-order chi connectivity index (χ1) is 9.49. The second-order valence-corrected chi connectivity index (χ2v) is 7.47. The molecule has 0 spiro atoms. The maximum Gasteiger partial charge on any atom is 0.332 e. The Morgan fingerprint density at radius 3 is 2.05 bits per heavy atom. The predicted octanol–water partition coefficient (Wildman–Crippen LogP) is 3.68. The highest BCUT2D eigenvalue weighted by Crippen LogP contribution is 2.57. The smallest absolute Gasteiger partial charge is 0.332 e. The van der Waals surface area contributed by atoms with Gasteiger partial charge in [-0.1, -0.05) is 20.4 Å². The first-order valence-electron chi connectivity index (χ1n) is 8.00. The zero-order chi connectivity index (χ0) is 14.3. The lowest BCUT2D eigenvalue weighted by Crippen LogP contribution is -2.54. The molecule has 1 atom stereocenters. The SMILES string of the molecule is C=CC(=O)OC(OC12CC3CC(CC(C3)C1)C2)C(C)C. The largest absolute Gasteiger partial charge is 0.432 e. The van der Waals surface area contributed by atoms with E-state index in [0.29, 0.717) is 0 Å². The van der Waals surface area contributed by atoms with Crippen molar-refractivity contribution in [2.24, 2.45) is 23.7 Å². The average Bonchev–Trinajstić information content (AvgIpc) is 2.35. The van der Waals surface area contributed by atoms with Crippen LogP contribution in [-0.2, 0) is 14.3 Å². The van der Waals surface area contributed by atoms with Crippen LogP contribution < -0.4 is 0 Å². The Morgan fingerprint density at radius 1 is 1.15 bits per heavy atom. The molecule has 1 unspecified atom stereocenters. The van der Waals surface area contributed by atoms with Gasteiger partial charge in [0.05, 0.1) is 5.60 Å². The van der Waals surface area contributed by atoms with Crippen molar-refractivity contribution < 1.29 is 14.3 Å². The van der Waals surface area contributed by atoms with E-state index in [1.807, 2.05) is 13.8 Å². The van der Waals surface area contributed by atoms with Crippen molar-refractivity contribution >= 4 is 5.97 Å². The van der Waals surface area contributed by atoms with Gasteiger partial charge in [-0.3, -0.25) is 0 Å². The summed E-state index contributed by atoms with van der Waals surface area (Å²) in [5, 5.41) is 0. The van der Waals surface area contributed by atoms with Gasteiger partial charge in [0.1, 0.15) is 0 Å². The Morgan fingerprint density at radius 2 is 1.65 bits per heavy atom. The summed E-state index contributed by atoms with van der Waals surface area (Å²) in [6, 6.07) is 0. The molecule has 3 heteroatoms. The fourth-order valence-electron chi connectivity index (χ4n) is 4.88. The molecule has 0 saturated heterocycles. The van der Waals surface area contributed by atoms with E-state index in [0.717, 1.165) is 37.0 Å². The second kappa shape index (κ2) is 5.18. The van der Waals surface area contributed by atoms with Gasteiger partial charge in [-0.2, -0.15) is 0 Å². The van der Waals surface area contributed by atoms with Crippen LogP contribution in [0.25, 0.3) is 0 Å². The molecular formula is C17H26O3. The van der Waals surface area contributed by atoms with Gasteiger partial charge in [0.15, 0.2) is 0 Å². The number of esters is 1. The van der Waals surface area contributed by atoms with Crippen LogP contribution >= 0.6 is 0 Å². The van der Waals surface area contributed by atoms with Gasteiger partial charge in [0.2, 0.25) is 6.29 Å². The average molecular weight is 278 g/mol. The molecule has 0 radical (unpaired) electrons. The molecule has 4 bridgehead atoms. The van der Waals surface area contributed by atoms with Gasteiger partial charge >= 0.3 is 5.97 Å². The fourth-order valence-corrected chi connectivity index (χ4v) is 4.88. The van der Waals surface area contributed by atoms with E-state index in [9.17, 15) is 4.79 Å². The van der Waals surface area contributed by atoms with E-state index in [4.69, 9.17) is 9.47 Å². The van der Waals surface area contributed by atoms with Crippen molar-refractivity contribution in [3.05, 3.63) is 12.7 Å². The van der Waals surface area contributed by atoms with Gasteiger partial charge in [0.25, 0.3) is 0 Å².